The van der Waals surface area contributed by atoms with Gasteiger partial charge in [-0.1, -0.05) is 52.3 Å². The first-order valence-corrected chi connectivity index (χ1v) is 15.4. The summed E-state index contributed by atoms with van der Waals surface area (Å²) in [6, 6.07) is 16.3. The normalized spacial score (nSPS) is 18.8. The van der Waals surface area contributed by atoms with Crippen molar-refractivity contribution in [3.8, 4) is 22.2 Å². The van der Waals surface area contributed by atoms with Crippen molar-refractivity contribution in [3.05, 3.63) is 59.5 Å². The van der Waals surface area contributed by atoms with Crippen molar-refractivity contribution in [3.63, 3.8) is 0 Å². The molecule has 2 atom stereocenters. The summed E-state index contributed by atoms with van der Waals surface area (Å²) < 4.78 is 14.5. The molecule has 1 aliphatic carbocycles. The average Bonchev–Trinajstić information content (AvgIpc) is 3.69. The highest BCUT2D eigenvalue weighted by Gasteiger charge is 2.36. The molecule has 0 saturated heterocycles. The summed E-state index contributed by atoms with van der Waals surface area (Å²) in [7, 11) is 1.63. The van der Waals surface area contributed by atoms with Gasteiger partial charge in [0.1, 0.15) is 0 Å². The third-order valence-corrected chi connectivity index (χ3v) is 9.28. The SMILES string of the molecule is COc1cc2c(cc1OCC(C)(C)CC(C)(C)Cn1c(-c3cccs3)nc3ccccc31)N=CC1CCCC1C2=O. The van der Waals surface area contributed by atoms with E-state index in [1.165, 1.54) is 4.88 Å². The average molecular weight is 570 g/mol. The lowest BCUT2D eigenvalue weighted by Crippen LogP contribution is -2.31. The lowest BCUT2D eigenvalue weighted by Gasteiger charge is -2.35. The Hall–Kier alpha value is -3.45. The number of hydrogen-bond acceptors (Lipinski definition) is 6. The molecule has 2 aliphatic rings. The van der Waals surface area contributed by atoms with E-state index in [4.69, 9.17) is 19.5 Å². The number of hydrogen-bond donors (Lipinski definition) is 0. The number of ketones is 1. The molecule has 6 nitrogen and oxygen atoms in total. The van der Waals surface area contributed by atoms with Gasteiger partial charge in [0.25, 0.3) is 0 Å². The number of ether oxygens (including phenoxy) is 2. The standard InChI is InChI=1S/C34H39N3O3S/c1-33(2,20-37-27-13-7-6-12-25(27)36-32(37)30-14-9-15-41-30)19-34(3,4)21-40-29-17-26-24(16-28(29)39-5)31(38)23-11-8-10-22(23)18-35-26/h6-7,9,12-18,22-23H,8,10-11,19-21H2,1-5H3. The number of imidazole rings is 1. The molecular weight excluding hydrogens is 530 g/mol. The summed E-state index contributed by atoms with van der Waals surface area (Å²) >= 11 is 1.72. The lowest BCUT2D eigenvalue weighted by atomic mass is 9.75. The number of carbonyl (C=O) groups is 1. The molecule has 3 heterocycles. The molecule has 0 amide bonds. The van der Waals surface area contributed by atoms with Crippen LogP contribution in [0.25, 0.3) is 21.7 Å². The van der Waals surface area contributed by atoms with Gasteiger partial charge < -0.3 is 14.0 Å². The number of rotatable bonds is 9. The molecule has 7 heteroatoms. The summed E-state index contributed by atoms with van der Waals surface area (Å²) in [5.41, 5.74) is 3.35. The number of benzene rings is 2. The largest absolute Gasteiger partial charge is 0.493 e. The number of carbonyl (C=O) groups excluding carboxylic acids is 1. The second kappa shape index (κ2) is 10.8. The van der Waals surface area contributed by atoms with Gasteiger partial charge in [-0.2, -0.15) is 0 Å². The number of aromatic nitrogens is 2. The third-order valence-electron chi connectivity index (χ3n) is 8.42. The van der Waals surface area contributed by atoms with Gasteiger partial charge in [0.2, 0.25) is 0 Å². The van der Waals surface area contributed by atoms with Crippen LogP contribution in [0.2, 0.25) is 0 Å². The first kappa shape index (κ1) is 27.7. The second-order valence-electron chi connectivity index (χ2n) is 13.1. The summed E-state index contributed by atoms with van der Waals surface area (Å²) in [5, 5.41) is 2.11. The molecule has 2 aromatic heterocycles. The first-order valence-electron chi connectivity index (χ1n) is 14.6. The molecule has 0 radical (unpaired) electrons. The Bertz CT molecular complexity index is 1600. The van der Waals surface area contributed by atoms with E-state index in [0.717, 1.165) is 49.1 Å². The van der Waals surface area contributed by atoms with E-state index in [-0.39, 0.29) is 28.4 Å². The van der Waals surface area contributed by atoms with Crippen molar-refractivity contribution in [2.45, 2.75) is 59.9 Å². The number of nitrogens with zero attached hydrogens (tertiary/aromatic N) is 3. The monoisotopic (exact) mass is 569 g/mol. The van der Waals surface area contributed by atoms with Crippen LogP contribution < -0.4 is 9.47 Å². The van der Waals surface area contributed by atoms with Crippen LogP contribution in [0.3, 0.4) is 0 Å². The summed E-state index contributed by atoms with van der Waals surface area (Å²) in [6.45, 7) is 10.5. The molecule has 2 aromatic carbocycles. The molecular formula is C34H39N3O3S. The number of fused-ring (bicyclic) bond motifs is 3. The van der Waals surface area contributed by atoms with Gasteiger partial charge in [-0.3, -0.25) is 9.79 Å². The molecule has 0 bridgehead atoms. The molecule has 1 fully saturated rings. The van der Waals surface area contributed by atoms with Gasteiger partial charge in [0, 0.05) is 36.2 Å². The number of thiophene rings is 1. The zero-order chi connectivity index (χ0) is 28.8. The van der Waals surface area contributed by atoms with Crippen LogP contribution in [0.1, 0.15) is 63.7 Å². The smallest absolute Gasteiger partial charge is 0.168 e. The van der Waals surface area contributed by atoms with Crippen molar-refractivity contribution in [1.29, 1.82) is 0 Å². The highest BCUT2D eigenvalue weighted by atomic mass is 32.1. The number of Topliss-reactive ketones (excluding diaryl/α,β-unsaturated/α-hetero) is 1. The zero-order valence-electron chi connectivity index (χ0n) is 24.6. The second-order valence-corrected chi connectivity index (χ2v) is 14.1. The van der Waals surface area contributed by atoms with Gasteiger partial charge in [0.05, 0.1) is 35.3 Å². The highest BCUT2D eigenvalue weighted by Crippen LogP contribution is 2.44. The topological polar surface area (TPSA) is 65.7 Å². The Morgan fingerprint density at radius 1 is 1.02 bits per heavy atom. The van der Waals surface area contributed by atoms with Gasteiger partial charge in [-0.25, -0.2) is 4.98 Å². The van der Waals surface area contributed by atoms with Crippen molar-refractivity contribution < 1.29 is 14.3 Å². The number of methoxy groups -OCH3 is 1. The van der Waals surface area contributed by atoms with Crippen molar-refractivity contribution in [2.24, 2.45) is 27.7 Å². The minimum absolute atomic E-state index is 0.0330. The van der Waals surface area contributed by atoms with Gasteiger partial charge >= 0.3 is 0 Å². The molecule has 6 rings (SSSR count). The van der Waals surface area contributed by atoms with Crippen LogP contribution in [-0.2, 0) is 6.54 Å². The van der Waals surface area contributed by atoms with E-state index in [2.05, 4.69) is 68.0 Å². The number of aliphatic imine (C=N–C) groups is 1. The molecule has 0 N–H and O–H groups in total. The summed E-state index contributed by atoms with van der Waals surface area (Å²) in [6.07, 6.45) is 5.96. The quantitative estimate of drug-likeness (QED) is 0.202. The predicted octanol–water partition coefficient (Wildman–Crippen LogP) is 8.61. The Kier molecular flexibility index (Phi) is 7.26. The molecule has 4 aromatic rings. The molecule has 1 aliphatic heterocycles. The molecule has 2 unspecified atom stereocenters. The maximum Gasteiger partial charge on any atom is 0.168 e. The third kappa shape index (κ3) is 5.56. The fourth-order valence-electron chi connectivity index (χ4n) is 6.93. The highest BCUT2D eigenvalue weighted by molar-refractivity contribution is 7.13. The van der Waals surface area contributed by atoms with Gasteiger partial charge in [-0.15, -0.1) is 11.3 Å². The maximum atomic E-state index is 13.3. The van der Waals surface area contributed by atoms with Crippen molar-refractivity contribution in [2.75, 3.05) is 13.7 Å². The minimum atomic E-state index is -0.128. The Morgan fingerprint density at radius 3 is 2.63 bits per heavy atom. The van der Waals surface area contributed by atoms with Crippen LogP contribution in [0.4, 0.5) is 5.69 Å². The first-order chi connectivity index (χ1) is 19.6. The Balaban J connectivity index is 1.21. The van der Waals surface area contributed by atoms with E-state index in [0.29, 0.717) is 29.4 Å². The van der Waals surface area contributed by atoms with Crippen LogP contribution in [-0.4, -0.2) is 35.3 Å². The summed E-state index contributed by atoms with van der Waals surface area (Å²) in [5.74, 6) is 2.70. The Morgan fingerprint density at radius 2 is 1.85 bits per heavy atom. The van der Waals surface area contributed by atoms with Crippen molar-refractivity contribution in [1.82, 2.24) is 9.55 Å². The van der Waals surface area contributed by atoms with E-state index in [9.17, 15) is 4.79 Å². The molecule has 1 saturated carbocycles. The molecule has 0 spiro atoms. The lowest BCUT2D eigenvalue weighted by molar-refractivity contribution is 0.0911. The van der Waals surface area contributed by atoms with E-state index in [1.807, 2.05) is 24.4 Å². The van der Waals surface area contributed by atoms with Crippen molar-refractivity contribution >= 4 is 40.1 Å². The van der Waals surface area contributed by atoms with Crippen LogP contribution in [0.15, 0.2) is 58.9 Å². The predicted molar refractivity (Wildman–Crippen MR) is 167 cm³/mol. The van der Waals surface area contributed by atoms with Crippen LogP contribution in [0, 0.1) is 22.7 Å². The van der Waals surface area contributed by atoms with Crippen LogP contribution in [0.5, 0.6) is 11.5 Å². The van der Waals surface area contributed by atoms with E-state index >= 15 is 0 Å². The van der Waals surface area contributed by atoms with Gasteiger partial charge in [-0.05, 0) is 59.7 Å². The number of para-hydroxylation sites is 2. The Labute approximate surface area is 246 Å². The van der Waals surface area contributed by atoms with E-state index < -0.39 is 0 Å². The fourth-order valence-corrected chi connectivity index (χ4v) is 7.65. The van der Waals surface area contributed by atoms with E-state index in [1.54, 1.807) is 18.4 Å². The summed E-state index contributed by atoms with van der Waals surface area (Å²) in [4.78, 5) is 24.2. The maximum absolute atomic E-state index is 13.3. The molecule has 214 valence electrons. The van der Waals surface area contributed by atoms with Gasteiger partial charge in [0.15, 0.2) is 23.1 Å². The minimum Gasteiger partial charge on any atom is -0.493 e. The zero-order valence-corrected chi connectivity index (χ0v) is 25.5. The molecule has 41 heavy (non-hydrogen) atoms. The van der Waals surface area contributed by atoms with Crippen LogP contribution >= 0.6 is 11.3 Å². The fraction of sp³-hybridized carbons (Fsp3) is 0.441.